The summed E-state index contributed by atoms with van der Waals surface area (Å²) in [7, 11) is 0. The summed E-state index contributed by atoms with van der Waals surface area (Å²) in [6.45, 7) is 0. The van der Waals surface area contributed by atoms with Crippen molar-refractivity contribution >= 4 is 44.7 Å². The lowest BCUT2D eigenvalue weighted by atomic mass is 10.4. The van der Waals surface area contributed by atoms with Gasteiger partial charge in [-0.25, -0.2) is 4.98 Å². The van der Waals surface area contributed by atoms with Crippen molar-refractivity contribution in [1.82, 2.24) is 19.6 Å². The molecule has 7 heteroatoms. The van der Waals surface area contributed by atoms with Crippen molar-refractivity contribution in [1.29, 1.82) is 0 Å². The van der Waals surface area contributed by atoms with E-state index in [0.717, 1.165) is 16.0 Å². The molecule has 0 amide bonds. The van der Waals surface area contributed by atoms with Crippen molar-refractivity contribution in [2.45, 2.75) is 0 Å². The Bertz CT molecular complexity index is 697. The molecule has 0 aliphatic carbocycles. The molecule has 3 aromatic heterocycles. The molecule has 0 spiro atoms. The highest BCUT2D eigenvalue weighted by atomic mass is 79.9. The van der Waals surface area contributed by atoms with Crippen LogP contribution in [0, 0.1) is 0 Å². The monoisotopic (exact) mass is 323 g/mol. The Morgan fingerprint density at radius 1 is 1.33 bits per heavy atom. The minimum Gasteiger partial charge on any atom is -0.339 e. The van der Waals surface area contributed by atoms with Crippen LogP contribution in [0.3, 0.4) is 0 Å². The number of aromatic nitrogens is 4. The fourth-order valence-corrected chi connectivity index (χ4v) is 2.11. The van der Waals surface area contributed by atoms with E-state index in [1.807, 2.05) is 12.1 Å². The molecule has 0 saturated carbocycles. The van der Waals surface area contributed by atoms with Crippen LogP contribution >= 0.6 is 27.5 Å². The number of pyridine rings is 1. The van der Waals surface area contributed by atoms with E-state index in [0.29, 0.717) is 10.8 Å². The summed E-state index contributed by atoms with van der Waals surface area (Å²) in [5, 5.41) is 7.81. The molecule has 0 aromatic carbocycles. The Kier molecular flexibility index (Phi) is 2.89. The van der Waals surface area contributed by atoms with Crippen molar-refractivity contribution in [3.8, 4) is 0 Å². The van der Waals surface area contributed by atoms with Crippen molar-refractivity contribution in [2.24, 2.45) is 0 Å². The van der Waals surface area contributed by atoms with Crippen LogP contribution in [-0.4, -0.2) is 19.6 Å². The summed E-state index contributed by atoms with van der Waals surface area (Å²) in [5.41, 5.74) is 1.52. The zero-order valence-corrected chi connectivity index (χ0v) is 11.4. The molecule has 0 aliphatic rings. The van der Waals surface area contributed by atoms with E-state index >= 15 is 0 Å². The Balaban J connectivity index is 2.11. The average Bonchev–Trinajstić information content (AvgIpc) is 2.73. The molecule has 90 valence electrons. The Hall–Kier alpha value is -1.66. The first kappa shape index (κ1) is 11.4. The van der Waals surface area contributed by atoms with Gasteiger partial charge in [0.25, 0.3) is 0 Å². The van der Waals surface area contributed by atoms with Crippen LogP contribution in [0.15, 0.2) is 41.3 Å². The van der Waals surface area contributed by atoms with E-state index in [9.17, 15) is 0 Å². The van der Waals surface area contributed by atoms with Crippen LogP contribution in [0.4, 0.5) is 11.5 Å². The Labute approximate surface area is 116 Å². The summed E-state index contributed by atoms with van der Waals surface area (Å²) in [6, 6.07) is 5.47. The third kappa shape index (κ3) is 2.04. The predicted molar refractivity (Wildman–Crippen MR) is 73.2 cm³/mol. The second kappa shape index (κ2) is 4.55. The van der Waals surface area contributed by atoms with E-state index in [-0.39, 0.29) is 0 Å². The van der Waals surface area contributed by atoms with Gasteiger partial charge >= 0.3 is 0 Å². The van der Waals surface area contributed by atoms with Gasteiger partial charge in [-0.2, -0.15) is 9.61 Å². The normalized spacial score (nSPS) is 10.8. The SMILES string of the molecule is Clc1cc(Nc2cccnc2)n2ncc(Br)c2n1. The quantitative estimate of drug-likeness (QED) is 0.735. The molecule has 0 fully saturated rings. The van der Waals surface area contributed by atoms with E-state index in [2.05, 4.69) is 36.3 Å². The number of anilines is 2. The zero-order chi connectivity index (χ0) is 12.5. The van der Waals surface area contributed by atoms with E-state index in [1.54, 1.807) is 29.2 Å². The number of hydrogen-bond donors (Lipinski definition) is 1. The van der Waals surface area contributed by atoms with Gasteiger partial charge in [0.2, 0.25) is 0 Å². The number of rotatable bonds is 2. The van der Waals surface area contributed by atoms with Gasteiger partial charge in [-0.05, 0) is 28.1 Å². The molecule has 3 heterocycles. The maximum atomic E-state index is 5.99. The lowest BCUT2D eigenvalue weighted by molar-refractivity contribution is 0.947. The molecule has 0 aliphatic heterocycles. The van der Waals surface area contributed by atoms with E-state index < -0.39 is 0 Å². The minimum absolute atomic E-state index is 0.398. The topological polar surface area (TPSA) is 55.1 Å². The number of nitrogens with zero attached hydrogens (tertiary/aromatic N) is 4. The van der Waals surface area contributed by atoms with Crippen LogP contribution in [0.25, 0.3) is 5.65 Å². The predicted octanol–water partition coefficient (Wildman–Crippen LogP) is 3.28. The van der Waals surface area contributed by atoms with Gasteiger partial charge in [0.15, 0.2) is 5.65 Å². The highest BCUT2D eigenvalue weighted by Crippen LogP contribution is 2.24. The van der Waals surface area contributed by atoms with Crippen LogP contribution < -0.4 is 5.32 Å². The summed E-state index contributed by atoms with van der Waals surface area (Å²) in [6.07, 6.45) is 5.11. The first-order valence-electron chi connectivity index (χ1n) is 5.11. The van der Waals surface area contributed by atoms with Gasteiger partial charge in [-0.3, -0.25) is 4.98 Å². The van der Waals surface area contributed by atoms with Crippen molar-refractivity contribution in [2.75, 3.05) is 5.32 Å². The third-order valence-corrected chi connectivity index (χ3v) is 3.08. The zero-order valence-electron chi connectivity index (χ0n) is 9.01. The van der Waals surface area contributed by atoms with Gasteiger partial charge < -0.3 is 5.32 Å². The fraction of sp³-hybridized carbons (Fsp3) is 0. The highest BCUT2D eigenvalue weighted by Gasteiger charge is 2.09. The van der Waals surface area contributed by atoms with Crippen LogP contribution in [0.5, 0.6) is 0 Å². The molecule has 0 atom stereocenters. The van der Waals surface area contributed by atoms with Gasteiger partial charge in [-0.15, -0.1) is 0 Å². The fourth-order valence-electron chi connectivity index (χ4n) is 1.58. The molecule has 5 nitrogen and oxygen atoms in total. The first-order chi connectivity index (χ1) is 8.74. The summed E-state index contributed by atoms with van der Waals surface area (Å²) < 4.78 is 2.46. The van der Waals surface area contributed by atoms with Gasteiger partial charge in [0, 0.05) is 12.3 Å². The van der Waals surface area contributed by atoms with E-state index in [1.165, 1.54) is 0 Å². The number of hydrogen-bond acceptors (Lipinski definition) is 4. The lowest BCUT2D eigenvalue weighted by Crippen LogP contribution is -2.01. The largest absolute Gasteiger partial charge is 0.339 e. The first-order valence-corrected chi connectivity index (χ1v) is 6.28. The number of halogens is 2. The van der Waals surface area contributed by atoms with Crippen LogP contribution in [0.1, 0.15) is 0 Å². The molecule has 0 radical (unpaired) electrons. The third-order valence-electron chi connectivity index (χ3n) is 2.33. The summed E-state index contributed by atoms with van der Waals surface area (Å²) in [4.78, 5) is 8.24. The van der Waals surface area contributed by atoms with Crippen molar-refractivity contribution in [3.05, 3.63) is 46.4 Å². The van der Waals surface area contributed by atoms with Crippen LogP contribution in [-0.2, 0) is 0 Å². The Morgan fingerprint density at radius 2 is 2.22 bits per heavy atom. The maximum Gasteiger partial charge on any atom is 0.173 e. The van der Waals surface area contributed by atoms with Gasteiger partial charge in [0.05, 0.1) is 22.6 Å². The van der Waals surface area contributed by atoms with Crippen molar-refractivity contribution < 1.29 is 0 Å². The molecule has 3 rings (SSSR count). The van der Waals surface area contributed by atoms with Gasteiger partial charge in [-0.1, -0.05) is 11.6 Å². The minimum atomic E-state index is 0.398. The molecule has 0 unspecified atom stereocenters. The lowest BCUT2D eigenvalue weighted by Gasteiger charge is -2.08. The molecule has 1 N–H and O–H groups in total. The Morgan fingerprint density at radius 3 is 3.00 bits per heavy atom. The standard InChI is InChI=1S/C11H7BrClN5/c12-8-6-15-18-10(4-9(13)17-11(8)18)16-7-2-1-3-14-5-7/h1-6,16H. The summed E-state index contributed by atoms with van der Waals surface area (Å²) in [5.74, 6) is 0.726. The van der Waals surface area contributed by atoms with Crippen molar-refractivity contribution in [3.63, 3.8) is 0 Å². The molecule has 18 heavy (non-hydrogen) atoms. The second-order valence-corrected chi connectivity index (χ2v) is 4.80. The number of nitrogens with one attached hydrogen (secondary N) is 1. The summed E-state index contributed by atoms with van der Waals surface area (Å²) >= 11 is 9.37. The molecule has 0 bridgehead atoms. The number of fused-ring (bicyclic) bond motifs is 1. The maximum absolute atomic E-state index is 5.99. The molecule has 0 saturated heterocycles. The van der Waals surface area contributed by atoms with Gasteiger partial charge in [0.1, 0.15) is 11.0 Å². The molecular formula is C11H7BrClN5. The average molecular weight is 325 g/mol. The smallest absolute Gasteiger partial charge is 0.173 e. The second-order valence-electron chi connectivity index (χ2n) is 3.56. The van der Waals surface area contributed by atoms with E-state index in [4.69, 9.17) is 11.6 Å². The molecule has 3 aromatic rings. The highest BCUT2D eigenvalue weighted by molar-refractivity contribution is 9.10. The molecular weight excluding hydrogens is 318 g/mol. The van der Waals surface area contributed by atoms with Crippen LogP contribution in [0.2, 0.25) is 5.15 Å².